The average molecular weight is 224 g/mol. The van der Waals surface area contributed by atoms with Crippen molar-refractivity contribution < 1.29 is 0 Å². The van der Waals surface area contributed by atoms with Gasteiger partial charge in [0.2, 0.25) is 0 Å². The van der Waals surface area contributed by atoms with Gasteiger partial charge in [-0.1, -0.05) is 51.9 Å². The van der Waals surface area contributed by atoms with Gasteiger partial charge in [-0.25, -0.2) is 0 Å². The van der Waals surface area contributed by atoms with Gasteiger partial charge in [0.1, 0.15) is 5.54 Å². The van der Waals surface area contributed by atoms with E-state index >= 15 is 0 Å². The van der Waals surface area contributed by atoms with Gasteiger partial charge in [-0.05, 0) is 26.8 Å². The molecule has 0 aliphatic carbocycles. The lowest BCUT2D eigenvalue weighted by molar-refractivity contribution is 0.465. The molecule has 16 heavy (non-hydrogen) atoms. The summed E-state index contributed by atoms with van der Waals surface area (Å²) in [6, 6.07) is 2.26. The van der Waals surface area contributed by atoms with E-state index in [0.717, 1.165) is 6.54 Å². The summed E-state index contributed by atoms with van der Waals surface area (Å²) in [7, 11) is 0. The van der Waals surface area contributed by atoms with E-state index in [-0.39, 0.29) is 5.54 Å². The quantitative estimate of drug-likeness (QED) is 0.569. The molecular weight excluding hydrogens is 196 g/mol. The maximum absolute atomic E-state index is 8.80. The molecule has 0 unspecified atom stereocenters. The van der Waals surface area contributed by atoms with Crippen LogP contribution in [-0.2, 0) is 0 Å². The van der Waals surface area contributed by atoms with Crippen molar-refractivity contribution in [3.63, 3.8) is 0 Å². The highest BCUT2D eigenvalue weighted by molar-refractivity contribution is 4.99. The maximum atomic E-state index is 8.80. The predicted octanol–water partition coefficient (Wildman–Crippen LogP) is 4.02. The third-order valence-electron chi connectivity index (χ3n) is 2.88. The zero-order chi connectivity index (χ0) is 12.3. The number of nitrogens with one attached hydrogen (secondary N) is 1. The lowest BCUT2D eigenvalue weighted by Gasteiger charge is -2.16. The summed E-state index contributed by atoms with van der Waals surface area (Å²) in [6.07, 6.45) is 10.7. The normalized spacial score (nSPS) is 11.4. The maximum Gasteiger partial charge on any atom is 0.101 e. The van der Waals surface area contributed by atoms with Crippen molar-refractivity contribution in [1.82, 2.24) is 5.32 Å². The van der Waals surface area contributed by atoms with Gasteiger partial charge in [-0.2, -0.15) is 5.26 Å². The lowest BCUT2D eigenvalue weighted by Crippen LogP contribution is -2.38. The second-order valence-electron chi connectivity index (χ2n) is 5.14. The van der Waals surface area contributed by atoms with Crippen molar-refractivity contribution in [1.29, 1.82) is 5.26 Å². The zero-order valence-electron chi connectivity index (χ0n) is 11.3. The van der Waals surface area contributed by atoms with E-state index in [1.165, 1.54) is 51.4 Å². The molecule has 94 valence electrons. The Labute approximate surface area is 101 Å². The lowest BCUT2D eigenvalue weighted by atomic mass is 10.1. The number of hydrogen-bond acceptors (Lipinski definition) is 2. The van der Waals surface area contributed by atoms with Crippen LogP contribution in [0.15, 0.2) is 0 Å². The smallest absolute Gasteiger partial charge is 0.101 e. The minimum Gasteiger partial charge on any atom is -0.300 e. The molecule has 0 aromatic rings. The van der Waals surface area contributed by atoms with E-state index in [4.69, 9.17) is 5.26 Å². The van der Waals surface area contributed by atoms with E-state index in [9.17, 15) is 0 Å². The summed E-state index contributed by atoms with van der Waals surface area (Å²) < 4.78 is 0. The van der Waals surface area contributed by atoms with Crippen LogP contribution in [0.1, 0.15) is 72.1 Å². The monoisotopic (exact) mass is 224 g/mol. The molecule has 0 aromatic carbocycles. The van der Waals surface area contributed by atoms with Gasteiger partial charge in [-0.3, -0.25) is 5.32 Å². The molecule has 0 atom stereocenters. The molecule has 0 saturated carbocycles. The van der Waals surface area contributed by atoms with Crippen molar-refractivity contribution in [2.75, 3.05) is 6.54 Å². The van der Waals surface area contributed by atoms with Gasteiger partial charge in [0.05, 0.1) is 6.07 Å². The fraction of sp³-hybridized carbons (Fsp3) is 0.929. The Morgan fingerprint density at radius 3 is 1.94 bits per heavy atom. The molecule has 0 bridgehead atoms. The van der Waals surface area contributed by atoms with E-state index in [1.54, 1.807) is 0 Å². The second kappa shape index (κ2) is 9.66. The molecule has 1 N–H and O–H groups in total. The van der Waals surface area contributed by atoms with Gasteiger partial charge in [0.25, 0.3) is 0 Å². The Hall–Kier alpha value is -0.550. The fourth-order valence-electron chi connectivity index (χ4n) is 1.70. The molecule has 0 spiro atoms. The molecule has 0 rings (SSSR count). The zero-order valence-corrected chi connectivity index (χ0v) is 11.3. The molecule has 0 radical (unpaired) electrons. The highest BCUT2D eigenvalue weighted by Crippen LogP contribution is 2.08. The first-order chi connectivity index (χ1) is 7.62. The predicted molar refractivity (Wildman–Crippen MR) is 70.3 cm³/mol. The summed E-state index contributed by atoms with van der Waals surface area (Å²) in [6.45, 7) is 7.08. The van der Waals surface area contributed by atoms with Crippen molar-refractivity contribution in [3.8, 4) is 6.07 Å². The summed E-state index contributed by atoms with van der Waals surface area (Å²) in [4.78, 5) is 0. The number of nitrogens with zero attached hydrogens (tertiary/aromatic N) is 1. The highest BCUT2D eigenvalue weighted by Gasteiger charge is 2.13. The van der Waals surface area contributed by atoms with E-state index in [1.807, 2.05) is 13.8 Å². The van der Waals surface area contributed by atoms with Crippen LogP contribution >= 0.6 is 0 Å². The largest absolute Gasteiger partial charge is 0.300 e. The molecule has 2 nitrogen and oxygen atoms in total. The minimum absolute atomic E-state index is 0.360. The molecular formula is C14H28N2. The first-order valence-corrected chi connectivity index (χ1v) is 6.78. The Morgan fingerprint density at radius 2 is 1.44 bits per heavy atom. The number of rotatable bonds is 10. The highest BCUT2D eigenvalue weighted by atomic mass is 14.9. The van der Waals surface area contributed by atoms with Gasteiger partial charge in [0, 0.05) is 0 Å². The third kappa shape index (κ3) is 9.98. The Balaban J connectivity index is 3.14. The van der Waals surface area contributed by atoms with Gasteiger partial charge >= 0.3 is 0 Å². The molecule has 0 aromatic heterocycles. The van der Waals surface area contributed by atoms with Crippen molar-refractivity contribution in [2.45, 2.75) is 77.7 Å². The topological polar surface area (TPSA) is 35.8 Å². The molecule has 0 amide bonds. The molecule has 0 fully saturated rings. The van der Waals surface area contributed by atoms with E-state index < -0.39 is 0 Å². The van der Waals surface area contributed by atoms with Crippen molar-refractivity contribution in [2.24, 2.45) is 0 Å². The van der Waals surface area contributed by atoms with Crippen LogP contribution in [0.4, 0.5) is 0 Å². The van der Waals surface area contributed by atoms with Crippen LogP contribution in [-0.4, -0.2) is 12.1 Å². The summed E-state index contributed by atoms with van der Waals surface area (Å²) in [5, 5.41) is 12.1. The van der Waals surface area contributed by atoms with Crippen LogP contribution in [0.5, 0.6) is 0 Å². The first-order valence-electron chi connectivity index (χ1n) is 6.78. The van der Waals surface area contributed by atoms with E-state index in [2.05, 4.69) is 18.3 Å². The minimum atomic E-state index is -0.360. The van der Waals surface area contributed by atoms with Crippen LogP contribution < -0.4 is 5.32 Å². The molecule has 0 aliphatic rings. The third-order valence-corrected chi connectivity index (χ3v) is 2.88. The second-order valence-corrected chi connectivity index (χ2v) is 5.14. The fourth-order valence-corrected chi connectivity index (χ4v) is 1.70. The van der Waals surface area contributed by atoms with Gasteiger partial charge in [0.15, 0.2) is 0 Å². The Bertz CT molecular complexity index is 191. The summed E-state index contributed by atoms with van der Waals surface area (Å²) >= 11 is 0. The Morgan fingerprint density at radius 1 is 0.938 bits per heavy atom. The van der Waals surface area contributed by atoms with Crippen molar-refractivity contribution in [3.05, 3.63) is 0 Å². The van der Waals surface area contributed by atoms with E-state index in [0.29, 0.717) is 0 Å². The van der Waals surface area contributed by atoms with Gasteiger partial charge < -0.3 is 0 Å². The van der Waals surface area contributed by atoms with Crippen LogP contribution in [0, 0.1) is 11.3 Å². The molecule has 2 heteroatoms. The average Bonchev–Trinajstić information content (AvgIpc) is 2.27. The summed E-state index contributed by atoms with van der Waals surface area (Å²) in [5.74, 6) is 0. The van der Waals surface area contributed by atoms with Crippen LogP contribution in [0.2, 0.25) is 0 Å². The first kappa shape index (κ1) is 15.4. The summed E-state index contributed by atoms with van der Waals surface area (Å²) in [5.41, 5.74) is -0.360. The van der Waals surface area contributed by atoms with Gasteiger partial charge in [-0.15, -0.1) is 0 Å². The molecule has 0 aliphatic heterocycles. The van der Waals surface area contributed by atoms with Crippen LogP contribution in [0.3, 0.4) is 0 Å². The molecule has 0 heterocycles. The number of hydrogen-bond donors (Lipinski definition) is 1. The standard InChI is InChI=1S/C14H28N2/c1-4-5-6-7-8-9-10-11-12-16-14(2,3)13-15/h16H,4-12H2,1-3H3. The number of nitriles is 1. The SMILES string of the molecule is CCCCCCCCCCNC(C)(C)C#N. The molecule has 0 saturated heterocycles. The van der Waals surface area contributed by atoms with Crippen molar-refractivity contribution >= 4 is 0 Å². The Kier molecular flexibility index (Phi) is 9.33. The van der Waals surface area contributed by atoms with Crippen LogP contribution in [0.25, 0.3) is 0 Å². The number of unbranched alkanes of at least 4 members (excludes halogenated alkanes) is 7.